The zero-order chi connectivity index (χ0) is 44.9. The van der Waals surface area contributed by atoms with E-state index < -0.39 is 40.9 Å². The fourth-order valence-corrected chi connectivity index (χ4v) is 10.6. The third-order valence-corrected chi connectivity index (χ3v) is 13.9. The van der Waals surface area contributed by atoms with Crippen molar-refractivity contribution >= 4 is 45.5 Å². The first-order chi connectivity index (χ1) is 30.8. The number of nitrogens with one attached hydrogen (secondary N) is 2. The number of halogens is 2. The molecule has 2 aromatic carbocycles. The number of nitrogens with zero attached hydrogens (tertiary/aromatic N) is 8. The van der Waals surface area contributed by atoms with Crippen LogP contribution in [0.4, 0.5) is 20.2 Å². The summed E-state index contributed by atoms with van der Waals surface area (Å²) in [7, 11) is 1.75. The van der Waals surface area contributed by atoms with Crippen molar-refractivity contribution in [2.24, 2.45) is 0 Å². The predicted octanol–water partition coefficient (Wildman–Crippen LogP) is 5.62. The Kier molecular flexibility index (Phi) is 12.0. The molecule has 9 rings (SSSR count). The summed E-state index contributed by atoms with van der Waals surface area (Å²) in [5, 5.41) is 35.8. The number of fused-ring (bicyclic) bond motifs is 2. The smallest absolute Gasteiger partial charge is 0.274 e. The highest BCUT2D eigenvalue weighted by Crippen LogP contribution is 2.38. The number of piperidine rings is 2. The summed E-state index contributed by atoms with van der Waals surface area (Å²) < 4.78 is 40.0. The van der Waals surface area contributed by atoms with E-state index >= 15 is 8.78 Å². The van der Waals surface area contributed by atoms with Crippen LogP contribution < -0.4 is 15.5 Å². The van der Waals surface area contributed by atoms with Crippen molar-refractivity contribution in [3.63, 3.8) is 0 Å². The van der Waals surface area contributed by atoms with Gasteiger partial charge in [-0.3, -0.25) is 34.2 Å². The minimum absolute atomic E-state index is 0.0508. The van der Waals surface area contributed by atoms with Crippen molar-refractivity contribution in [1.29, 1.82) is 5.26 Å². The number of nitriles is 1. The normalized spacial score (nSPS) is 23.1. The molecule has 4 aliphatic rings. The van der Waals surface area contributed by atoms with Crippen LogP contribution in [0.1, 0.15) is 104 Å². The minimum atomic E-state index is -1.27. The van der Waals surface area contributed by atoms with Gasteiger partial charge in [0.2, 0.25) is 11.8 Å². The lowest BCUT2D eigenvalue weighted by atomic mass is 9.89. The van der Waals surface area contributed by atoms with E-state index in [1.807, 2.05) is 27.9 Å². The van der Waals surface area contributed by atoms with Gasteiger partial charge in [-0.1, -0.05) is 0 Å². The zero-order valence-corrected chi connectivity index (χ0v) is 36.4. The molecule has 5 aromatic rings. The molecule has 6 heterocycles. The molecule has 15 nitrogen and oxygen atoms in total. The largest absolute Gasteiger partial charge is 0.386 e. The Morgan fingerprint density at radius 3 is 2.39 bits per heavy atom. The number of aliphatic hydroxyl groups is 1. The van der Waals surface area contributed by atoms with E-state index in [0.717, 1.165) is 69.1 Å². The molecule has 1 aliphatic carbocycles. The number of aromatic nitrogens is 4. The number of carbonyl (C=O) groups excluding carboxylic acids is 3. The van der Waals surface area contributed by atoms with Crippen molar-refractivity contribution in [1.82, 2.24) is 34.5 Å². The summed E-state index contributed by atoms with van der Waals surface area (Å²) in [4.78, 5) is 44.8. The standard InChI is InChI=1S/C47H54F2N10O5/c1-47(2,63)37-22-40-29(19-41(37)52-46(62)42-10-8-33-18-28(23-50)24-51-59(33)42)25-58(54-40)32-6-4-30(5-7-32)56-16-17-57(35(26-56)27-64-3)31-12-14-55(15-13-31)34-20-38(48)44(39(49)21-34)36-9-11-43(60)53-45(36)61/h8,10,18-22,24-25,30-32,35-36,63H,4-7,9,11-17,26-27H2,1-3H3,(H,52,62)(H,53,60,61)/t30?,32?,35-,36+/m0/s1. The molecule has 3 aliphatic heterocycles. The number of hydrogen-bond acceptors (Lipinski definition) is 11. The number of amides is 3. The Morgan fingerprint density at radius 1 is 0.969 bits per heavy atom. The van der Waals surface area contributed by atoms with Gasteiger partial charge in [-0.25, -0.2) is 13.3 Å². The maximum atomic E-state index is 15.4. The lowest BCUT2D eigenvalue weighted by molar-refractivity contribution is -0.134. The molecule has 0 spiro atoms. The fourth-order valence-electron chi connectivity index (χ4n) is 10.6. The van der Waals surface area contributed by atoms with Gasteiger partial charge in [-0.2, -0.15) is 15.5 Å². The minimum Gasteiger partial charge on any atom is -0.386 e. The molecule has 3 saturated heterocycles. The lowest BCUT2D eigenvalue weighted by Gasteiger charge is -2.50. The van der Waals surface area contributed by atoms with Gasteiger partial charge in [-0.15, -0.1) is 0 Å². The Hall–Kier alpha value is -5.80. The molecule has 1 saturated carbocycles. The Labute approximate surface area is 369 Å². The van der Waals surface area contributed by atoms with Gasteiger partial charge in [0.25, 0.3) is 5.91 Å². The molecule has 0 unspecified atom stereocenters. The highest BCUT2D eigenvalue weighted by Gasteiger charge is 2.38. The molecule has 17 heteroatoms. The van der Waals surface area contributed by atoms with Crippen LogP contribution in [0.3, 0.4) is 0 Å². The molecule has 0 radical (unpaired) electrons. The SMILES string of the molecule is COC[C@@H]1CN(C2CCC(n3cc4cc(NC(=O)c5ccc6cc(C#N)cnn56)c(C(C)(C)O)cc4n3)CC2)CCN1C1CCN(c2cc(F)c([C@H]3CCC(=O)NC3=O)c(F)c2)CC1. The van der Waals surface area contributed by atoms with Crippen molar-refractivity contribution in [2.75, 3.05) is 56.7 Å². The van der Waals surface area contributed by atoms with Crippen LogP contribution in [-0.4, -0.2) is 117 Å². The fraction of sp³-hybridized carbons (Fsp3) is 0.489. The number of carbonyl (C=O) groups is 3. The van der Waals surface area contributed by atoms with E-state index in [2.05, 4.69) is 31.6 Å². The van der Waals surface area contributed by atoms with Gasteiger partial charge in [0, 0.05) is 98.5 Å². The maximum absolute atomic E-state index is 15.4. The highest BCUT2D eigenvalue weighted by molar-refractivity contribution is 6.05. The van der Waals surface area contributed by atoms with E-state index in [0.29, 0.717) is 65.5 Å². The molecular formula is C47H54F2N10O5. The number of anilines is 2. The predicted molar refractivity (Wildman–Crippen MR) is 235 cm³/mol. The van der Waals surface area contributed by atoms with E-state index in [1.54, 1.807) is 39.2 Å². The van der Waals surface area contributed by atoms with Gasteiger partial charge < -0.3 is 20.1 Å². The van der Waals surface area contributed by atoms with Crippen LogP contribution in [-0.2, 0) is 19.9 Å². The Balaban J connectivity index is 0.811. The number of imide groups is 1. The maximum Gasteiger partial charge on any atom is 0.274 e. The molecule has 4 fully saturated rings. The second-order valence-corrected chi connectivity index (χ2v) is 18.3. The number of piperazine rings is 1. The van der Waals surface area contributed by atoms with Crippen LogP contribution in [0.15, 0.2) is 54.9 Å². The van der Waals surface area contributed by atoms with Gasteiger partial charge in [-0.05, 0) is 101 Å². The lowest BCUT2D eigenvalue weighted by Crippen LogP contribution is -2.61. The van der Waals surface area contributed by atoms with Crippen LogP contribution in [0.25, 0.3) is 16.4 Å². The number of rotatable bonds is 10. The number of methoxy groups -OCH3 is 1. The van der Waals surface area contributed by atoms with E-state index in [1.165, 1.54) is 22.8 Å². The first-order valence-electron chi connectivity index (χ1n) is 22.3. The van der Waals surface area contributed by atoms with Gasteiger partial charge in [0.1, 0.15) is 23.4 Å². The monoisotopic (exact) mass is 876 g/mol. The number of hydrogen-bond donors (Lipinski definition) is 3. The van der Waals surface area contributed by atoms with Gasteiger partial charge in [0.15, 0.2) is 0 Å². The first-order valence-corrected chi connectivity index (χ1v) is 22.3. The van der Waals surface area contributed by atoms with E-state index in [-0.39, 0.29) is 30.5 Å². The van der Waals surface area contributed by atoms with Crippen LogP contribution in [0.5, 0.6) is 0 Å². The number of ether oxygens (including phenoxy) is 1. The molecule has 2 atom stereocenters. The van der Waals surface area contributed by atoms with Crippen LogP contribution in [0, 0.1) is 23.0 Å². The number of benzene rings is 2. The van der Waals surface area contributed by atoms with Crippen molar-refractivity contribution in [2.45, 2.75) is 101 Å². The van der Waals surface area contributed by atoms with Crippen LogP contribution in [0.2, 0.25) is 0 Å². The van der Waals surface area contributed by atoms with E-state index in [4.69, 9.17) is 9.84 Å². The summed E-state index contributed by atoms with van der Waals surface area (Å²) in [5.41, 5.74) is 2.02. The topological polar surface area (TPSA) is 173 Å². The second-order valence-electron chi connectivity index (χ2n) is 18.3. The summed E-state index contributed by atoms with van der Waals surface area (Å²) in [6.07, 6.45) is 9.26. The Morgan fingerprint density at radius 2 is 1.70 bits per heavy atom. The third-order valence-electron chi connectivity index (χ3n) is 13.9. The molecule has 3 aromatic heterocycles. The third kappa shape index (κ3) is 8.59. The van der Waals surface area contributed by atoms with Crippen LogP contribution >= 0.6 is 0 Å². The zero-order valence-electron chi connectivity index (χ0n) is 36.4. The molecular weight excluding hydrogens is 823 g/mol. The molecule has 0 bridgehead atoms. The quantitative estimate of drug-likeness (QED) is 0.149. The average molecular weight is 877 g/mol. The molecule has 3 N–H and O–H groups in total. The molecule has 336 valence electrons. The van der Waals surface area contributed by atoms with Gasteiger partial charge >= 0.3 is 0 Å². The Bertz CT molecular complexity index is 2610. The summed E-state index contributed by atoms with van der Waals surface area (Å²) in [6, 6.07) is 14.7. The van der Waals surface area contributed by atoms with Crippen molar-refractivity contribution in [3.8, 4) is 6.07 Å². The van der Waals surface area contributed by atoms with Crippen molar-refractivity contribution in [3.05, 3.63) is 88.9 Å². The summed E-state index contributed by atoms with van der Waals surface area (Å²) >= 11 is 0. The molecule has 3 amide bonds. The van der Waals surface area contributed by atoms with E-state index in [9.17, 15) is 24.8 Å². The first kappa shape index (κ1) is 43.5. The van der Waals surface area contributed by atoms with Gasteiger partial charge in [0.05, 0.1) is 47.0 Å². The molecule has 64 heavy (non-hydrogen) atoms. The summed E-state index contributed by atoms with van der Waals surface area (Å²) in [6.45, 7) is 8.04. The second kappa shape index (κ2) is 17.6. The highest BCUT2D eigenvalue weighted by atomic mass is 19.1. The van der Waals surface area contributed by atoms with Crippen molar-refractivity contribution < 1.29 is 33.0 Å². The average Bonchev–Trinajstić information content (AvgIpc) is 3.90. The summed E-state index contributed by atoms with van der Waals surface area (Å²) in [5.74, 6) is -4.01.